The Kier molecular flexibility index (Phi) is 3.76. The minimum absolute atomic E-state index is 0.385. The zero-order valence-electron chi connectivity index (χ0n) is 9.92. The van der Waals surface area contributed by atoms with Gasteiger partial charge in [-0.3, -0.25) is 0 Å². The van der Waals surface area contributed by atoms with Crippen molar-refractivity contribution in [3.05, 3.63) is 27.0 Å². The molecule has 17 heavy (non-hydrogen) atoms. The van der Waals surface area contributed by atoms with E-state index in [9.17, 15) is 0 Å². The Bertz CT molecular complexity index is 545. The molecule has 0 aromatic carbocycles. The molecule has 2 rings (SSSR count). The summed E-state index contributed by atoms with van der Waals surface area (Å²) in [4.78, 5) is 5.18. The Morgan fingerprint density at radius 1 is 1.35 bits per heavy atom. The number of hydrogen-bond donors (Lipinski definition) is 0. The van der Waals surface area contributed by atoms with Gasteiger partial charge in [-0.1, -0.05) is 29.9 Å². The van der Waals surface area contributed by atoms with Gasteiger partial charge in [-0.15, -0.1) is 11.6 Å². The van der Waals surface area contributed by atoms with Crippen LogP contribution in [0.4, 0.5) is 0 Å². The summed E-state index contributed by atoms with van der Waals surface area (Å²) in [6.07, 6.45) is 0.971. The molecule has 92 valence electrons. The molecule has 3 nitrogen and oxygen atoms in total. The highest BCUT2D eigenvalue weighted by molar-refractivity contribution is 7.14. The van der Waals surface area contributed by atoms with E-state index in [0.29, 0.717) is 11.0 Å². The van der Waals surface area contributed by atoms with Crippen molar-refractivity contribution in [2.45, 2.75) is 33.1 Å². The number of alkyl halides is 1. The number of hydrogen-bond acceptors (Lipinski definition) is 3. The molecule has 2 aromatic heterocycles. The Morgan fingerprint density at radius 3 is 2.53 bits per heavy atom. The van der Waals surface area contributed by atoms with Crippen LogP contribution in [-0.4, -0.2) is 14.8 Å². The van der Waals surface area contributed by atoms with Crippen LogP contribution in [0.3, 0.4) is 0 Å². The van der Waals surface area contributed by atoms with Crippen LogP contribution in [0.1, 0.15) is 28.8 Å². The fourth-order valence-electron chi connectivity index (χ4n) is 1.87. The Balaban J connectivity index is 2.52. The molecule has 0 unspecified atom stereocenters. The second-order valence-electron chi connectivity index (χ2n) is 3.76. The summed E-state index contributed by atoms with van der Waals surface area (Å²) < 4.78 is 1.85. The average molecular weight is 290 g/mol. The lowest BCUT2D eigenvalue weighted by Crippen LogP contribution is -1.98. The molecule has 0 aliphatic carbocycles. The lowest BCUT2D eigenvalue weighted by atomic mass is 10.1. The molecular weight excluding hydrogens is 277 g/mol. The van der Waals surface area contributed by atoms with Crippen LogP contribution in [0.5, 0.6) is 0 Å². The highest BCUT2D eigenvalue weighted by atomic mass is 35.5. The van der Waals surface area contributed by atoms with Gasteiger partial charge in [-0.25, -0.2) is 9.67 Å². The molecule has 0 saturated heterocycles. The molecule has 0 bridgehead atoms. The lowest BCUT2D eigenvalue weighted by Gasteiger charge is -1.99. The SMILES string of the molecule is CCc1c(C)nn(-c2nc(Cl)c(CCl)s2)c1C. The van der Waals surface area contributed by atoms with Gasteiger partial charge in [-0.05, 0) is 25.8 Å². The van der Waals surface area contributed by atoms with Crippen LogP contribution in [-0.2, 0) is 12.3 Å². The molecule has 6 heteroatoms. The van der Waals surface area contributed by atoms with E-state index in [1.807, 2.05) is 11.6 Å². The van der Waals surface area contributed by atoms with Gasteiger partial charge in [0.25, 0.3) is 0 Å². The van der Waals surface area contributed by atoms with Crippen molar-refractivity contribution in [2.75, 3.05) is 0 Å². The van der Waals surface area contributed by atoms with Crippen LogP contribution in [0.15, 0.2) is 0 Å². The van der Waals surface area contributed by atoms with E-state index in [0.717, 1.165) is 27.8 Å². The van der Waals surface area contributed by atoms with E-state index in [-0.39, 0.29) is 0 Å². The molecule has 0 radical (unpaired) electrons. The molecule has 0 atom stereocenters. The quantitative estimate of drug-likeness (QED) is 0.803. The Hall–Kier alpha value is -0.580. The van der Waals surface area contributed by atoms with Crippen molar-refractivity contribution in [3.8, 4) is 5.13 Å². The zero-order chi connectivity index (χ0) is 12.6. The fraction of sp³-hybridized carbons (Fsp3) is 0.455. The van der Waals surface area contributed by atoms with E-state index in [4.69, 9.17) is 23.2 Å². The number of aromatic nitrogens is 3. The first kappa shape index (κ1) is 12.9. The third-order valence-electron chi connectivity index (χ3n) is 2.74. The Labute approximate surface area is 114 Å². The first-order valence-electron chi connectivity index (χ1n) is 5.35. The molecule has 0 N–H and O–H groups in total. The topological polar surface area (TPSA) is 30.7 Å². The molecule has 0 amide bonds. The summed E-state index contributed by atoms with van der Waals surface area (Å²) in [7, 11) is 0. The maximum Gasteiger partial charge on any atom is 0.212 e. The van der Waals surface area contributed by atoms with Crippen molar-refractivity contribution in [1.82, 2.24) is 14.8 Å². The maximum atomic E-state index is 6.00. The summed E-state index contributed by atoms with van der Waals surface area (Å²) >= 11 is 13.3. The van der Waals surface area contributed by atoms with Crippen LogP contribution in [0, 0.1) is 13.8 Å². The van der Waals surface area contributed by atoms with Crippen molar-refractivity contribution >= 4 is 34.5 Å². The molecule has 0 aliphatic rings. The first-order chi connectivity index (χ1) is 8.08. The highest BCUT2D eigenvalue weighted by Crippen LogP contribution is 2.28. The third-order valence-corrected chi connectivity index (χ3v) is 4.62. The summed E-state index contributed by atoms with van der Waals surface area (Å²) in [5.74, 6) is 0.385. The van der Waals surface area contributed by atoms with Crippen LogP contribution in [0.25, 0.3) is 5.13 Å². The van der Waals surface area contributed by atoms with Gasteiger partial charge < -0.3 is 0 Å². The Morgan fingerprint density at radius 2 is 2.06 bits per heavy atom. The van der Waals surface area contributed by atoms with Gasteiger partial charge >= 0.3 is 0 Å². The molecule has 0 spiro atoms. The number of nitrogens with zero attached hydrogens (tertiary/aromatic N) is 3. The molecule has 0 fully saturated rings. The van der Waals surface area contributed by atoms with Crippen LogP contribution < -0.4 is 0 Å². The van der Waals surface area contributed by atoms with Gasteiger partial charge in [0.05, 0.1) is 16.5 Å². The minimum atomic E-state index is 0.385. The standard InChI is InChI=1S/C11H13Cl2N3S/c1-4-8-6(2)15-16(7(8)3)11-14-10(13)9(5-12)17-11/h4-5H2,1-3H3. The minimum Gasteiger partial charge on any atom is -0.210 e. The second-order valence-corrected chi connectivity index (χ2v) is 5.45. The molecule has 2 heterocycles. The van der Waals surface area contributed by atoms with Gasteiger partial charge in [0, 0.05) is 5.69 Å². The molecule has 0 aliphatic heterocycles. The van der Waals surface area contributed by atoms with Crippen LogP contribution >= 0.6 is 34.5 Å². The summed E-state index contributed by atoms with van der Waals surface area (Å²) in [5, 5.41) is 5.76. The normalized spacial score (nSPS) is 11.1. The van der Waals surface area contributed by atoms with Crippen LogP contribution in [0.2, 0.25) is 5.15 Å². The van der Waals surface area contributed by atoms with Crippen molar-refractivity contribution < 1.29 is 0 Å². The van der Waals surface area contributed by atoms with Gasteiger partial charge in [-0.2, -0.15) is 5.10 Å². The van der Waals surface area contributed by atoms with Crippen molar-refractivity contribution in [3.63, 3.8) is 0 Å². The van der Waals surface area contributed by atoms with E-state index >= 15 is 0 Å². The smallest absolute Gasteiger partial charge is 0.210 e. The largest absolute Gasteiger partial charge is 0.212 e. The molecular formula is C11H13Cl2N3S. The average Bonchev–Trinajstić information content (AvgIpc) is 2.79. The molecule has 0 saturated carbocycles. The van der Waals surface area contributed by atoms with Gasteiger partial charge in [0.1, 0.15) is 5.15 Å². The predicted octanol–water partition coefficient (Wildman–Crippen LogP) is 3.90. The summed E-state index contributed by atoms with van der Waals surface area (Å²) in [5.41, 5.74) is 3.43. The summed E-state index contributed by atoms with van der Waals surface area (Å²) in [6.45, 7) is 6.19. The maximum absolute atomic E-state index is 6.00. The number of halogens is 2. The highest BCUT2D eigenvalue weighted by Gasteiger charge is 2.16. The lowest BCUT2D eigenvalue weighted by molar-refractivity contribution is 0.824. The van der Waals surface area contributed by atoms with Crippen molar-refractivity contribution in [2.24, 2.45) is 0 Å². The monoisotopic (exact) mass is 289 g/mol. The van der Waals surface area contributed by atoms with E-state index in [1.54, 1.807) is 0 Å². The first-order valence-corrected chi connectivity index (χ1v) is 7.08. The predicted molar refractivity (Wildman–Crippen MR) is 72.7 cm³/mol. The fourth-order valence-corrected chi connectivity index (χ4v) is 3.34. The summed E-state index contributed by atoms with van der Waals surface area (Å²) in [6, 6.07) is 0. The zero-order valence-corrected chi connectivity index (χ0v) is 12.2. The second kappa shape index (κ2) is 4.96. The van der Waals surface area contributed by atoms with E-state index in [1.165, 1.54) is 16.9 Å². The van der Waals surface area contributed by atoms with E-state index < -0.39 is 0 Å². The van der Waals surface area contributed by atoms with Gasteiger partial charge in [0.15, 0.2) is 0 Å². The third kappa shape index (κ3) is 2.21. The van der Waals surface area contributed by atoms with E-state index in [2.05, 4.69) is 23.9 Å². The number of aryl methyl sites for hydroxylation is 1. The number of thiazole rings is 1. The molecule has 2 aromatic rings. The van der Waals surface area contributed by atoms with Crippen molar-refractivity contribution in [1.29, 1.82) is 0 Å². The van der Waals surface area contributed by atoms with Gasteiger partial charge in [0.2, 0.25) is 5.13 Å². The number of rotatable bonds is 3.